The summed E-state index contributed by atoms with van der Waals surface area (Å²) in [6.45, 7) is 3.79. The number of hydrogen-bond donors (Lipinski definition) is 0. The largest absolute Gasteiger partial charge is 0.339 e. The normalized spacial score (nSPS) is 13.4. The van der Waals surface area contributed by atoms with E-state index in [1.54, 1.807) is 11.8 Å². The van der Waals surface area contributed by atoms with E-state index in [-0.39, 0.29) is 5.91 Å². The molecule has 1 aliphatic heterocycles. The van der Waals surface area contributed by atoms with Crippen molar-refractivity contribution < 1.29 is 4.79 Å². The van der Waals surface area contributed by atoms with Crippen molar-refractivity contribution in [2.75, 3.05) is 13.1 Å². The van der Waals surface area contributed by atoms with E-state index < -0.39 is 0 Å². The van der Waals surface area contributed by atoms with Crippen LogP contribution in [0.3, 0.4) is 0 Å². The minimum Gasteiger partial charge on any atom is -0.339 e. The van der Waals surface area contributed by atoms with Crippen molar-refractivity contribution in [3.63, 3.8) is 0 Å². The van der Waals surface area contributed by atoms with Crippen LogP contribution in [0.2, 0.25) is 5.02 Å². The highest BCUT2D eigenvalue weighted by Crippen LogP contribution is 2.33. The minimum atomic E-state index is 0.125. The van der Waals surface area contributed by atoms with Gasteiger partial charge in [-0.2, -0.15) is 0 Å². The number of rotatable bonds is 6. The lowest BCUT2D eigenvalue weighted by atomic mass is 10.1. The summed E-state index contributed by atoms with van der Waals surface area (Å²) in [5.74, 6) is 1.55. The van der Waals surface area contributed by atoms with Gasteiger partial charge in [0.1, 0.15) is 0 Å². The Hall–Kier alpha value is -3.09. The quantitative estimate of drug-likeness (QED) is 0.294. The highest BCUT2D eigenvalue weighted by Gasteiger charge is 2.20. The molecule has 0 aliphatic carbocycles. The summed E-state index contributed by atoms with van der Waals surface area (Å²) in [5.41, 5.74) is 4.89. The minimum absolute atomic E-state index is 0.125. The number of halogens is 1. The lowest BCUT2D eigenvalue weighted by Crippen LogP contribution is -2.27. The average molecular weight is 489 g/mol. The molecule has 1 aromatic heterocycles. The van der Waals surface area contributed by atoms with Crippen LogP contribution in [-0.4, -0.2) is 38.7 Å². The molecule has 4 aromatic rings. The number of carbonyl (C=O) groups is 1. The van der Waals surface area contributed by atoms with E-state index in [0.29, 0.717) is 16.6 Å². The Morgan fingerprint density at radius 1 is 0.941 bits per heavy atom. The summed E-state index contributed by atoms with van der Waals surface area (Å²) >= 11 is 8.11. The monoisotopic (exact) mass is 488 g/mol. The Morgan fingerprint density at radius 2 is 1.65 bits per heavy atom. The van der Waals surface area contributed by atoms with Crippen LogP contribution in [0, 0.1) is 6.92 Å². The number of hydrogen-bond acceptors (Lipinski definition) is 4. The van der Waals surface area contributed by atoms with Gasteiger partial charge in [-0.1, -0.05) is 65.3 Å². The molecule has 34 heavy (non-hydrogen) atoms. The number of nitrogens with zero attached hydrogens (tertiary/aromatic N) is 4. The van der Waals surface area contributed by atoms with Gasteiger partial charge in [0.25, 0.3) is 5.91 Å². The Morgan fingerprint density at radius 3 is 2.35 bits per heavy atom. The molecule has 0 unspecified atom stereocenters. The molecule has 0 bridgehead atoms. The van der Waals surface area contributed by atoms with Gasteiger partial charge < -0.3 is 4.90 Å². The Bertz CT molecular complexity index is 1300. The molecular weight excluding hydrogens is 464 g/mol. The zero-order valence-corrected chi connectivity index (χ0v) is 20.5. The summed E-state index contributed by atoms with van der Waals surface area (Å²) in [6.07, 6.45) is 2.19. The standard InChI is InChI=1S/C27H25ClN4OS/c1-19-8-14-22(15-9-19)32-25(23-6-2-3-7-24(23)28)29-30-27(32)34-18-20-10-12-21(13-11-20)26(33)31-16-4-5-17-31/h2-3,6-15H,4-5,16-18H2,1H3. The fourth-order valence-corrected chi connectivity index (χ4v) is 5.23. The van der Waals surface area contributed by atoms with Gasteiger partial charge in [-0.15, -0.1) is 10.2 Å². The average Bonchev–Trinajstić information content (AvgIpc) is 3.54. The Balaban J connectivity index is 1.40. The molecule has 7 heteroatoms. The van der Waals surface area contributed by atoms with Crippen LogP contribution in [0.4, 0.5) is 0 Å². The molecule has 2 heterocycles. The summed E-state index contributed by atoms with van der Waals surface area (Å²) in [6, 6.07) is 23.9. The van der Waals surface area contributed by atoms with Crippen LogP contribution in [0.25, 0.3) is 17.1 Å². The Labute approximate surface area is 208 Å². The number of aryl methyl sites for hydroxylation is 1. The van der Waals surface area contributed by atoms with Gasteiger partial charge in [-0.3, -0.25) is 9.36 Å². The van der Waals surface area contributed by atoms with Gasteiger partial charge in [-0.05, 0) is 61.7 Å². The van der Waals surface area contributed by atoms with Crippen LogP contribution in [0.15, 0.2) is 78.0 Å². The molecule has 172 valence electrons. The van der Waals surface area contributed by atoms with E-state index in [4.69, 9.17) is 11.6 Å². The molecule has 5 nitrogen and oxygen atoms in total. The number of carbonyl (C=O) groups excluding carboxylic acids is 1. The molecule has 0 spiro atoms. The molecule has 1 fully saturated rings. The highest BCUT2D eigenvalue weighted by molar-refractivity contribution is 7.98. The molecular formula is C27H25ClN4OS. The van der Waals surface area contributed by atoms with E-state index in [9.17, 15) is 4.79 Å². The zero-order chi connectivity index (χ0) is 23.5. The molecule has 1 aliphatic rings. The first-order valence-corrected chi connectivity index (χ1v) is 12.7. The molecule has 0 N–H and O–H groups in total. The summed E-state index contributed by atoms with van der Waals surface area (Å²) in [4.78, 5) is 14.6. The van der Waals surface area contributed by atoms with Crippen molar-refractivity contribution in [3.05, 3.63) is 94.5 Å². The first kappa shape index (κ1) is 22.7. The highest BCUT2D eigenvalue weighted by atomic mass is 35.5. The van der Waals surface area contributed by atoms with Crippen molar-refractivity contribution >= 4 is 29.3 Å². The van der Waals surface area contributed by atoms with Gasteiger partial charge in [0.2, 0.25) is 0 Å². The third-order valence-electron chi connectivity index (χ3n) is 6.00. The fourth-order valence-electron chi connectivity index (χ4n) is 4.10. The maximum atomic E-state index is 12.6. The van der Waals surface area contributed by atoms with Gasteiger partial charge in [0.15, 0.2) is 11.0 Å². The van der Waals surface area contributed by atoms with Gasteiger partial charge in [-0.25, -0.2) is 0 Å². The molecule has 1 amide bonds. The fraction of sp³-hybridized carbons (Fsp3) is 0.222. The lowest BCUT2D eigenvalue weighted by Gasteiger charge is -2.15. The lowest BCUT2D eigenvalue weighted by molar-refractivity contribution is 0.0793. The van der Waals surface area contributed by atoms with Crippen molar-refractivity contribution in [2.24, 2.45) is 0 Å². The van der Waals surface area contributed by atoms with Crippen LogP contribution < -0.4 is 0 Å². The van der Waals surface area contributed by atoms with Gasteiger partial charge >= 0.3 is 0 Å². The summed E-state index contributed by atoms with van der Waals surface area (Å²) in [5, 5.41) is 10.4. The first-order valence-electron chi connectivity index (χ1n) is 11.4. The predicted molar refractivity (Wildman–Crippen MR) is 138 cm³/mol. The second kappa shape index (κ2) is 10.0. The van der Waals surface area contributed by atoms with Crippen LogP contribution in [0.5, 0.6) is 0 Å². The van der Waals surface area contributed by atoms with E-state index in [2.05, 4.69) is 46.0 Å². The number of benzene rings is 3. The van der Waals surface area contributed by atoms with E-state index in [0.717, 1.165) is 53.5 Å². The molecule has 0 saturated carbocycles. The van der Waals surface area contributed by atoms with Crippen molar-refractivity contribution in [2.45, 2.75) is 30.7 Å². The molecule has 5 rings (SSSR count). The van der Waals surface area contributed by atoms with Crippen LogP contribution in [0.1, 0.15) is 34.3 Å². The van der Waals surface area contributed by atoms with Gasteiger partial charge in [0, 0.05) is 35.7 Å². The van der Waals surface area contributed by atoms with E-state index in [1.807, 2.05) is 53.4 Å². The van der Waals surface area contributed by atoms with E-state index >= 15 is 0 Å². The molecule has 1 saturated heterocycles. The maximum absolute atomic E-state index is 12.6. The predicted octanol–water partition coefficient (Wildman–Crippen LogP) is 6.42. The molecule has 3 aromatic carbocycles. The third-order valence-corrected chi connectivity index (χ3v) is 7.33. The smallest absolute Gasteiger partial charge is 0.253 e. The summed E-state index contributed by atoms with van der Waals surface area (Å²) in [7, 11) is 0. The van der Waals surface area contributed by atoms with Crippen molar-refractivity contribution in [3.8, 4) is 17.1 Å². The number of thioether (sulfide) groups is 1. The maximum Gasteiger partial charge on any atom is 0.253 e. The number of aromatic nitrogens is 3. The molecule has 0 radical (unpaired) electrons. The number of amides is 1. The van der Waals surface area contributed by atoms with E-state index in [1.165, 1.54) is 5.56 Å². The van der Waals surface area contributed by atoms with Gasteiger partial charge in [0.05, 0.1) is 5.02 Å². The third kappa shape index (κ3) is 4.74. The van der Waals surface area contributed by atoms with Crippen LogP contribution in [-0.2, 0) is 5.75 Å². The van der Waals surface area contributed by atoms with Crippen molar-refractivity contribution in [1.82, 2.24) is 19.7 Å². The number of likely N-dealkylation sites (tertiary alicyclic amines) is 1. The van der Waals surface area contributed by atoms with Crippen LogP contribution >= 0.6 is 23.4 Å². The molecule has 0 atom stereocenters. The summed E-state index contributed by atoms with van der Waals surface area (Å²) < 4.78 is 2.05. The zero-order valence-electron chi connectivity index (χ0n) is 18.9. The second-order valence-corrected chi connectivity index (χ2v) is 9.79. The Kier molecular flexibility index (Phi) is 6.70. The topological polar surface area (TPSA) is 51.0 Å². The SMILES string of the molecule is Cc1ccc(-n2c(SCc3ccc(C(=O)N4CCCC4)cc3)nnc2-c2ccccc2Cl)cc1. The van der Waals surface area contributed by atoms with Crippen molar-refractivity contribution in [1.29, 1.82) is 0 Å². The second-order valence-electron chi connectivity index (χ2n) is 8.44. The first-order chi connectivity index (χ1) is 16.6.